The fourth-order valence-electron chi connectivity index (χ4n) is 2.06. The lowest BCUT2D eigenvalue weighted by atomic mass is 10.1. The van der Waals surface area contributed by atoms with Crippen LogP contribution < -0.4 is 10.6 Å². The average molecular weight is 330 g/mol. The molecular weight excluding hydrogens is 318 g/mol. The third-order valence-electron chi connectivity index (χ3n) is 3.10. The monoisotopic (exact) mass is 330 g/mol. The van der Waals surface area contributed by atoms with Crippen LogP contribution in [0.4, 0.5) is 25.0 Å². The SMILES string of the molecule is O=C(Nc1cccc(-c2cccs2)c1)Nc1ccc(F)c(F)c1. The number of hydrogen-bond acceptors (Lipinski definition) is 2. The molecule has 0 atom stereocenters. The lowest BCUT2D eigenvalue weighted by molar-refractivity contribution is 0.262. The topological polar surface area (TPSA) is 41.1 Å². The standard InChI is InChI=1S/C17H12F2N2OS/c18-14-7-6-13(10-15(14)19)21-17(22)20-12-4-1-3-11(9-12)16-5-2-8-23-16/h1-10H,(H2,20,21,22). The molecule has 0 fully saturated rings. The zero-order valence-electron chi connectivity index (χ0n) is 11.8. The van der Waals surface area contributed by atoms with Gasteiger partial charge in [0.25, 0.3) is 0 Å². The van der Waals surface area contributed by atoms with E-state index in [1.165, 1.54) is 6.07 Å². The Hall–Kier alpha value is -2.73. The maximum atomic E-state index is 13.1. The highest BCUT2D eigenvalue weighted by Crippen LogP contribution is 2.26. The number of amides is 2. The first-order valence-corrected chi connectivity index (χ1v) is 7.67. The maximum Gasteiger partial charge on any atom is 0.323 e. The van der Waals surface area contributed by atoms with Crippen molar-refractivity contribution < 1.29 is 13.6 Å². The molecule has 3 nitrogen and oxygen atoms in total. The highest BCUT2D eigenvalue weighted by molar-refractivity contribution is 7.13. The Morgan fingerprint density at radius 1 is 0.870 bits per heavy atom. The highest BCUT2D eigenvalue weighted by atomic mass is 32.1. The molecule has 1 heterocycles. The second kappa shape index (κ2) is 6.58. The fraction of sp³-hybridized carbons (Fsp3) is 0. The molecule has 116 valence electrons. The van der Waals surface area contributed by atoms with Gasteiger partial charge in [0.15, 0.2) is 11.6 Å². The Kier molecular flexibility index (Phi) is 4.34. The van der Waals surface area contributed by atoms with E-state index in [1.807, 2.05) is 35.7 Å². The summed E-state index contributed by atoms with van der Waals surface area (Å²) in [6.07, 6.45) is 0. The van der Waals surface area contributed by atoms with Gasteiger partial charge in [-0.25, -0.2) is 13.6 Å². The lowest BCUT2D eigenvalue weighted by Gasteiger charge is -2.09. The summed E-state index contributed by atoms with van der Waals surface area (Å²) < 4.78 is 26.0. The Balaban J connectivity index is 1.70. The van der Waals surface area contributed by atoms with Crippen LogP contribution in [0.5, 0.6) is 0 Å². The van der Waals surface area contributed by atoms with Crippen LogP contribution in [0.3, 0.4) is 0 Å². The van der Waals surface area contributed by atoms with Crippen molar-refractivity contribution in [1.29, 1.82) is 0 Å². The highest BCUT2D eigenvalue weighted by Gasteiger charge is 2.07. The second-order valence-electron chi connectivity index (χ2n) is 4.77. The van der Waals surface area contributed by atoms with Gasteiger partial charge in [-0.15, -0.1) is 11.3 Å². The van der Waals surface area contributed by atoms with Gasteiger partial charge in [-0.2, -0.15) is 0 Å². The maximum absolute atomic E-state index is 13.1. The fourth-order valence-corrected chi connectivity index (χ4v) is 2.78. The second-order valence-corrected chi connectivity index (χ2v) is 5.71. The van der Waals surface area contributed by atoms with E-state index in [2.05, 4.69) is 10.6 Å². The van der Waals surface area contributed by atoms with E-state index in [-0.39, 0.29) is 5.69 Å². The summed E-state index contributed by atoms with van der Waals surface area (Å²) in [7, 11) is 0. The van der Waals surface area contributed by atoms with Gasteiger partial charge in [0, 0.05) is 22.3 Å². The first kappa shape index (κ1) is 15.2. The van der Waals surface area contributed by atoms with Gasteiger partial charge < -0.3 is 10.6 Å². The number of nitrogens with one attached hydrogen (secondary N) is 2. The number of benzene rings is 2. The Morgan fingerprint density at radius 3 is 2.35 bits per heavy atom. The van der Waals surface area contributed by atoms with Crippen molar-refractivity contribution in [2.45, 2.75) is 0 Å². The first-order chi connectivity index (χ1) is 11.1. The molecule has 6 heteroatoms. The quantitative estimate of drug-likeness (QED) is 0.669. The van der Waals surface area contributed by atoms with Crippen LogP contribution >= 0.6 is 11.3 Å². The summed E-state index contributed by atoms with van der Waals surface area (Å²) in [5.41, 5.74) is 1.78. The molecule has 3 rings (SSSR count). The smallest absolute Gasteiger partial charge is 0.308 e. The molecule has 2 N–H and O–H groups in total. The number of rotatable bonds is 3. The minimum Gasteiger partial charge on any atom is -0.308 e. The van der Waals surface area contributed by atoms with Crippen LogP contribution in [0.15, 0.2) is 60.0 Å². The number of urea groups is 1. The van der Waals surface area contributed by atoms with E-state index >= 15 is 0 Å². The molecule has 0 aliphatic rings. The third-order valence-corrected chi connectivity index (χ3v) is 4.02. The van der Waals surface area contributed by atoms with E-state index in [0.29, 0.717) is 5.69 Å². The summed E-state index contributed by atoms with van der Waals surface area (Å²) in [5.74, 6) is -1.97. The van der Waals surface area contributed by atoms with Crippen LogP contribution in [-0.2, 0) is 0 Å². The molecule has 2 aromatic carbocycles. The number of anilines is 2. The van der Waals surface area contributed by atoms with Gasteiger partial charge in [0.05, 0.1) is 0 Å². The summed E-state index contributed by atoms with van der Waals surface area (Å²) in [5, 5.41) is 7.10. The van der Waals surface area contributed by atoms with E-state index in [9.17, 15) is 13.6 Å². The molecule has 1 aromatic heterocycles. The average Bonchev–Trinajstić information content (AvgIpc) is 3.05. The molecule has 0 aliphatic carbocycles. The molecule has 0 saturated heterocycles. The molecule has 3 aromatic rings. The van der Waals surface area contributed by atoms with Gasteiger partial charge >= 0.3 is 6.03 Å². The predicted octanol–water partition coefficient (Wildman–Crippen LogP) is 5.34. The van der Waals surface area contributed by atoms with Gasteiger partial charge in [0.2, 0.25) is 0 Å². The molecule has 0 spiro atoms. The van der Waals surface area contributed by atoms with Crippen molar-refractivity contribution >= 4 is 28.7 Å². The molecule has 2 amide bonds. The van der Waals surface area contributed by atoms with E-state index < -0.39 is 17.7 Å². The number of carbonyl (C=O) groups excluding carboxylic acids is 1. The molecule has 0 saturated carbocycles. The van der Waals surface area contributed by atoms with Crippen molar-refractivity contribution in [3.63, 3.8) is 0 Å². The summed E-state index contributed by atoms with van der Waals surface area (Å²) in [6, 6.07) is 14.0. The van der Waals surface area contributed by atoms with E-state index in [0.717, 1.165) is 22.6 Å². The van der Waals surface area contributed by atoms with Crippen molar-refractivity contribution in [3.8, 4) is 10.4 Å². The van der Waals surface area contributed by atoms with Crippen LogP contribution in [0.1, 0.15) is 0 Å². The van der Waals surface area contributed by atoms with Crippen LogP contribution in [0, 0.1) is 11.6 Å². The molecule has 0 radical (unpaired) electrons. The Bertz CT molecular complexity index is 834. The minimum atomic E-state index is -1.01. The van der Waals surface area contributed by atoms with Crippen LogP contribution in [-0.4, -0.2) is 6.03 Å². The van der Waals surface area contributed by atoms with Gasteiger partial charge in [-0.3, -0.25) is 0 Å². The molecule has 0 aliphatic heterocycles. The summed E-state index contributed by atoms with van der Waals surface area (Å²) in [6.45, 7) is 0. The lowest BCUT2D eigenvalue weighted by Crippen LogP contribution is -2.19. The largest absolute Gasteiger partial charge is 0.323 e. The van der Waals surface area contributed by atoms with Crippen molar-refractivity contribution in [3.05, 3.63) is 71.6 Å². The zero-order chi connectivity index (χ0) is 16.2. The summed E-state index contributed by atoms with van der Waals surface area (Å²) in [4.78, 5) is 13.0. The van der Waals surface area contributed by atoms with E-state index in [4.69, 9.17) is 0 Å². The number of halogens is 2. The normalized spacial score (nSPS) is 10.3. The van der Waals surface area contributed by atoms with Crippen molar-refractivity contribution in [2.24, 2.45) is 0 Å². The minimum absolute atomic E-state index is 0.177. The van der Waals surface area contributed by atoms with Crippen LogP contribution in [0.25, 0.3) is 10.4 Å². The van der Waals surface area contributed by atoms with Gasteiger partial charge in [-0.1, -0.05) is 18.2 Å². The summed E-state index contributed by atoms with van der Waals surface area (Å²) >= 11 is 1.60. The van der Waals surface area contributed by atoms with Crippen molar-refractivity contribution in [1.82, 2.24) is 0 Å². The molecule has 23 heavy (non-hydrogen) atoms. The number of carbonyl (C=O) groups is 1. The van der Waals surface area contributed by atoms with Crippen molar-refractivity contribution in [2.75, 3.05) is 10.6 Å². The third kappa shape index (κ3) is 3.73. The number of thiophene rings is 1. The Morgan fingerprint density at radius 2 is 1.65 bits per heavy atom. The molecule has 0 unspecified atom stereocenters. The Labute approximate surface area is 135 Å². The van der Waals surface area contributed by atoms with Gasteiger partial charge in [-0.05, 0) is 41.3 Å². The van der Waals surface area contributed by atoms with Gasteiger partial charge in [0.1, 0.15) is 0 Å². The van der Waals surface area contributed by atoms with E-state index in [1.54, 1.807) is 17.4 Å². The number of hydrogen-bond donors (Lipinski definition) is 2. The van der Waals surface area contributed by atoms with Crippen LogP contribution in [0.2, 0.25) is 0 Å². The molecule has 0 bridgehead atoms. The predicted molar refractivity (Wildman–Crippen MR) is 88.8 cm³/mol. The first-order valence-electron chi connectivity index (χ1n) is 6.79. The zero-order valence-corrected chi connectivity index (χ0v) is 12.7. The molecular formula is C17H12F2N2OS.